The molecule has 4 heteroatoms. The molecule has 20 heavy (non-hydrogen) atoms. The molecule has 0 saturated carbocycles. The second kappa shape index (κ2) is 5.84. The molecule has 100 valence electrons. The Labute approximate surface area is 115 Å². The summed E-state index contributed by atoms with van der Waals surface area (Å²) in [6.45, 7) is 0. The summed E-state index contributed by atoms with van der Waals surface area (Å²) in [5, 5.41) is 18.0. The Morgan fingerprint density at radius 3 is 1.75 bits per heavy atom. The summed E-state index contributed by atoms with van der Waals surface area (Å²) >= 11 is 0. The Balaban J connectivity index is 2.38. The summed E-state index contributed by atoms with van der Waals surface area (Å²) in [5.74, 6) is -2.30. The summed E-state index contributed by atoms with van der Waals surface area (Å²) in [5.41, 5.74) is 1.39. The molecule has 0 radical (unpaired) electrons. The van der Waals surface area contributed by atoms with Crippen molar-refractivity contribution in [3.63, 3.8) is 0 Å². The third-order valence-corrected chi connectivity index (χ3v) is 2.72. The van der Waals surface area contributed by atoms with Crippen molar-refractivity contribution in [2.45, 2.75) is 0 Å². The van der Waals surface area contributed by atoms with E-state index in [2.05, 4.69) is 0 Å². The molecule has 0 spiro atoms. The van der Waals surface area contributed by atoms with Crippen LogP contribution in [0, 0.1) is 0 Å². The molecule has 0 aliphatic carbocycles. The van der Waals surface area contributed by atoms with E-state index in [-0.39, 0.29) is 11.1 Å². The van der Waals surface area contributed by atoms with Crippen molar-refractivity contribution >= 4 is 24.1 Å². The number of hydrogen-bond acceptors (Lipinski definition) is 2. The molecule has 2 aromatic rings. The lowest BCUT2D eigenvalue weighted by atomic mass is 10.0. The van der Waals surface area contributed by atoms with Gasteiger partial charge in [0.05, 0.1) is 11.1 Å². The Morgan fingerprint density at radius 2 is 1.25 bits per heavy atom. The molecular weight excluding hydrogens is 256 g/mol. The van der Waals surface area contributed by atoms with Crippen LogP contribution in [0.2, 0.25) is 0 Å². The van der Waals surface area contributed by atoms with E-state index in [4.69, 9.17) is 10.2 Å². The van der Waals surface area contributed by atoms with Gasteiger partial charge in [-0.05, 0) is 29.3 Å². The van der Waals surface area contributed by atoms with Crippen molar-refractivity contribution in [2.24, 2.45) is 0 Å². The summed E-state index contributed by atoms with van der Waals surface area (Å²) in [4.78, 5) is 22.0. The molecule has 0 aromatic heterocycles. The van der Waals surface area contributed by atoms with Crippen LogP contribution in [0.3, 0.4) is 0 Å². The first-order valence-corrected chi connectivity index (χ1v) is 5.91. The fourth-order valence-electron chi connectivity index (χ4n) is 1.75. The molecule has 0 atom stereocenters. The largest absolute Gasteiger partial charge is 0.478 e. The second-order valence-electron chi connectivity index (χ2n) is 4.20. The van der Waals surface area contributed by atoms with Crippen molar-refractivity contribution in [1.29, 1.82) is 0 Å². The van der Waals surface area contributed by atoms with Crippen LogP contribution in [0.5, 0.6) is 0 Å². The average Bonchev–Trinajstić information content (AvgIpc) is 2.45. The number of rotatable bonds is 4. The Kier molecular flexibility index (Phi) is 3.96. The maximum absolute atomic E-state index is 11.0. The van der Waals surface area contributed by atoms with Gasteiger partial charge in [-0.3, -0.25) is 0 Å². The third kappa shape index (κ3) is 3.32. The van der Waals surface area contributed by atoms with Gasteiger partial charge in [0.25, 0.3) is 0 Å². The quantitative estimate of drug-likeness (QED) is 0.835. The van der Waals surface area contributed by atoms with Crippen LogP contribution >= 0.6 is 0 Å². The van der Waals surface area contributed by atoms with Gasteiger partial charge in [0.2, 0.25) is 0 Å². The number of aromatic carboxylic acids is 2. The van der Waals surface area contributed by atoms with Crippen molar-refractivity contribution in [3.05, 3.63) is 70.8 Å². The van der Waals surface area contributed by atoms with Gasteiger partial charge in [0.1, 0.15) is 0 Å². The van der Waals surface area contributed by atoms with Gasteiger partial charge in [0, 0.05) is 0 Å². The lowest BCUT2D eigenvalue weighted by molar-refractivity contribution is 0.0696. The molecule has 4 nitrogen and oxygen atoms in total. The van der Waals surface area contributed by atoms with Crippen LogP contribution in [0.15, 0.2) is 48.5 Å². The van der Waals surface area contributed by atoms with Gasteiger partial charge in [-0.25, -0.2) is 9.59 Å². The predicted molar refractivity (Wildman–Crippen MR) is 75.7 cm³/mol. The van der Waals surface area contributed by atoms with Gasteiger partial charge in [-0.2, -0.15) is 0 Å². The minimum atomic E-state index is -1.15. The second-order valence-corrected chi connectivity index (χ2v) is 4.20. The number of hydrogen-bond donors (Lipinski definition) is 2. The maximum Gasteiger partial charge on any atom is 0.335 e. The summed E-state index contributed by atoms with van der Waals surface area (Å²) in [6, 6.07) is 13.5. The fourth-order valence-corrected chi connectivity index (χ4v) is 1.75. The first-order valence-electron chi connectivity index (χ1n) is 5.91. The van der Waals surface area contributed by atoms with E-state index in [1.165, 1.54) is 12.1 Å². The summed E-state index contributed by atoms with van der Waals surface area (Å²) in [6.07, 6.45) is 3.49. The number of carbonyl (C=O) groups is 2. The van der Waals surface area contributed by atoms with Crippen molar-refractivity contribution in [3.8, 4) is 0 Å². The minimum Gasteiger partial charge on any atom is -0.478 e. The van der Waals surface area contributed by atoms with E-state index in [0.717, 1.165) is 11.6 Å². The zero-order chi connectivity index (χ0) is 14.5. The number of carboxylic acid groups (broad SMARTS) is 2. The van der Waals surface area contributed by atoms with Crippen LogP contribution < -0.4 is 0 Å². The van der Waals surface area contributed by atoms with E-state index >= 15 is 0 Å². The van der Waals surface area contributed by atoms with E-state index < -0.39 is 11.9 Å². The summed E-state index contributed by atoms with van der Waals surface area (Å²) < 4.78 is 0. The zero-order valence-corrected chi connectivity index (χ0v) is 10.5. The fraction of sp³-hybridized carbons (Fsp3) is 0. The van der Waals surface area contributed by atoms with Crippen LogP contribution in [-0.4, -0.2) is 22.2 Å². The Morgan fingerprint density at radius 1 is 0.750 bits per heavy atom. The average molecular weight is 268 g/mol. The monoisotopic (exact) mass is 268 g/mol. The molecule has 0 bridgehead atoms. The Bertz CT molecular complexity index is 640. The first-order chi connectivity index (χ1) is 9.56. The van der Waals surface area contributed by atoms with Crippen LogP contribution in [0.4, 0.5) is 0 Å². The van der Waals surface area contributed by atoms with E-state index in [0.29, 0.717) is 5.56 Å². The van der Waals surface area contributed by atoms with Crippen molar-refractivity contribution in [2.75, 3.05) is 0 Å². The van der Waals surface area contributed by atoms with Gasteiger partial charge >= 0.3 is 11.9 Å². The Hall–Kier alpha value is -2.88. The summed E-state index contributed by atoms with van der Waals surface area (Å²) in [7, 11) is 0. The van der Waals surface area contributed by atoms with Crippen LogP contribution in [0.25, 0.3) is 12.2 Å². The smallest absolute Gasteiger partial charge is 0.335 e. The molecule has 0 saturated heterocycles. The molecule has 0 aliphatic rings. The highest BCUT2D eigenvalue weighted by atomic mass is 16.4. The molecule has 2 aromatic carbocycles. The lowest BCUT2D eigenvalue weighted by Crippen LogP contribution is -2.02. The van der Waals surface area contributed by atoms with Crippen LogP contribution in [0.1, 0.15) is 31.8 Å². The SMILES string of the molecule is O=C(O)c1cc(/C=C/c2ccccc2)cc(C(=O)O)c1. The third-order valence-electron chi connectivity index (χ3n) is 2.72. The van der Waals surface area contributed by atoms with Gasteiger partial charge in [-0.1, -0.05) is 42.5 Å². The molecule has 0 aliphatic heterocycles. The van der Waals surface area contributed by atoms with E-state index in [1.54, 1.807) is 12.2 Å². The van der Waals surface area contributed by atoms with Gasteiger partial charge < -0.3 is 10.2 Å². The molecule has 0 heterocycles. The maximum atomic E-state index is 11.0. The number of benzene rings is 2. The van der Waals surface area contributed by atoms with Crippen molar-refractivity contribution < 1.29 is 19.8 Å². The van der Waals surface area contributed by atoms with E-state index in [9.17, 15) is 9.59 Å². The highest BCUT2D eigenvalue weighted by Crippen LogP contribution is 2.14. The minimum absolute atomic E-state index is 0.0439. The standard InChI is InChI=1S/C16H12O4/c17-15(18)13-8-12(9-14(10-13)16(19)20)7-6-11-4-2-1-3-5-11/h1-10H,(H,17,18)(H,19,20)/b7-6+. The predicted octanol–water partition coefficient (Wildman–Crippen LogP) is 3.25. The molecular formula is C16H12O4. The zero-order valence-electron chi connectivity index (χ0n) is 10.5. The normalized spacial score (nSPS) is 10.6. The molecule has 2 rings (SSSR count). The van der Waals surface area contributed by atoms with Gasteiger partial charge in [0.15, 0.2) is 0 Å². The first kappa shape index (κ1) is 13.5. The molecule has 2 N–H and O–H groups in total. The van der Waals surface area contributed by atoms with E-state index in [1.807, 2.05) is 30.3 Å². The number of carboxylic acids is 2. The highest BCUT2D eigenvalue weighted by molar-refractivity contribution is 5.95. The topological polar surface area (TPSA) is 74.6 Å². The lowest BCUT2D eigenvalue weighted by Gasteiger charge is -2.01. The van der Waals surface area contributed by atoms with Gasteiger partial charge in [-0.15, -0.1) is 0 Å². The molecule has 0 unspecified atom stereocenters. The molecule has 0 fully saturated rings. The molecule has 0 amide bonds. The highest BCUT2D eigenvalue weighted by Gasteiger charge is 2.10. The van der Waals surface area contributed by atoms with Crippen molar-refractivity contribution in [1.82, 2.24) is 0 Å². The van der Waals surface area contributed by atoms with Crippen LogP contribution in [-0.2, 0) is 0 Å².